The predicted molar refractivity (Wildman–Crippen MR) is 125 cm³/mol. The van der Waals surface area contributed by atoms with Crippen LogP contribution in [0.25, 0.3) is 0 Å². The van der Waals surface area contributed by atoms with Crippen molar-refractivity contribution < 1.29 is 19.1 Å². The van der Waals surface area contributed by atoms with Crippen molar-refractivity contribution in [1.82, 2.24) is 20.2 Å². The van der Waals surface area contributed by atoms with Crippen LogP contribution in [-0.2, 0) is 19.5 Å². The Morgan fingerprint density at radius 2 is 2.12 bits per heavy atom. The molecule has 2 aliphatic heterocycles. The molecule has 0 saturated carbocycles. The molecule has 0 aliphatic carbocycles. The van der Waals surface area contributed by atoms with Crippen molar-refractivity contribution in [2.24, 2.45) is 0 Å². The molecule has 2 aromatic heterocycles. The molecule has 1 aromatic carbocycles. The number of aryl methyl sites for hydroxylation is 1. The summed E-state index contributed by atoms with van der Waals surface area (Å²) in [7, 11) is 0. The Labute approximate surface area is 199 Å². The van der Waals surface area contributed by atoms with Crippen molar-refractivity contribution in [3.8, 4) is 11.5 Å². The molecule has 2 amide bonds. The zero-order valence-electron chi connectivity index (χ0n) is 18.2. The maximum absolute atomic E-state index is 12.9. The standard InChI is InChI=1S/C23H22N4O4S2/c1-13-17(9-25-21(28)14-3-4-19-20(7-14)31-12-30-19)16-5-6-27(10-15(16)8-24-13)22(29)18-11-33-23(26-18)32-2/h3-4,7-8,11H,5-6,9-10,12H2,1-2H3,(H,25,28). The normalized spacial score (nSPS) is 14.2. The van der Waals surface area contributed by atoms with E-state index in [1.54, 1.807) is 18.2 Å². The maximum atomic E-state index is 12.9. The molecule has 0 spiro atoms. The van der Waals surface area contributed by atoms with E-state index in [-0.39, 0.29) is 18.6 Å². The van der Waals surface area contributed by atoms with Crippen LogP contribution in [0.5, 0.6) is 11.5 Å². The van der Waals surface area contributed by atoms with E-state index in [0.717, 1.165) is 26.7 Å². The van der Waals surface area contributed by atoms with Crippen LogP contribution in [0.4, 0.5) is 0 Å². The second-order valence-electron chi connectivity index (χ2n) is 7.76. The van der Waals surface area contributed by atoms with Gasteiger partial charge in [-0.1, -0.05) is 11.8 Å². The van der Waals surface area contributed by atoms with Gasteiger partial charge in [-0.15, -0.1) is 11.3 Å². The van der Waals surface area contributed by atoms with E-state index >= 15 is 0 Å². The first-order valence-corrected chi connectivity index (χ1v) is 12.6. The van der Waals surface area contributed by atoms with Crippen LogP contribution >= 0.6 is 23.1 Å². The molecule has 0 bridgehead atoms. The number of nitrogens with zero attached hydrogens (tertiary/aromatic N) is 3. The summed E-state index contributed by atoms with van der Waals surface area (Å²) in [4.78, 5) is 36.4. The van der Waals surface area contributed by atoms with E-state index in [2.05, 4.69) is 15.3 Å². The molecule has 10 heteroatoms. The molecule has 0 radical (unpaired) electrons. The molecule has 170 valence electrons. The lowest BCUT2D eigenvalue weighted by Gasteiger charge is -2.30. The van der Waals surface area contributed by atoms with Crippen LogP contribution in [0.1, 0.15) is 43.2 Å². The minimum absolute atomic E-state index is 0.0598. The fraction of sp³-hybridized carbons (Fsp3) is 0.304. The highest BCUT2D eigenvalue weighted by atomic mass is 32.2. The highest BCUT2D eigenvalue weighted by Crippen LogP contribution is 2.32. The van der Waals surface area contributed by atoms with E-state index in [1.807, 2.05) is 29.7 Å². The number of hydrogen-bond acceptors (Lipinski definition) is 8. The van der Waals surface area contributed by atoms with Gasteiger partial charge in [0.1, 0.15) is 10.0 Å². The summed E-state index contributed by atoms with van der Waals surface area (Å²) in [5, 5.41) is 4.81. The summed E-state index contributed by atoms with van der Waals surface area (Å²) in [5.74, 6) is 0.971. The van der Waals surface area contributed by atoms with Crippen molar-refractivity contribution in [2.45, 2.75) is 30.8 Å². The summed E-state index contributed by atoms with van der Waals surface area (Å²) < 4.78 is 11.6. The average Bonchev–Trinajstić information content (AvgIpc) is 3.51. The molecule has 8 nitrogen and oxygen atoms in total. The molecule has 0 atom stereocenters. The number of pyridine rings is 1. The lowest BCUT2D eigenvalue weighted by molar-refractivity contribution is 0.0728. The van der Waals surface area contributed by atoms with E-state index in [4.69, 9.17) is 9.47 Å². The van der Waals surface area contributed by atoms with Gasteiger partial charge in [0.25, 0.3) is 11.8 Å². The van der Waals surface area contributed by atoms with Gasteiger partial charge in [0.05, 0.1) is 0 Å². The first-order chi connectivity index (χ1) is 16.0. The number of amides is 2. The van der Waals surface area contributed by atoms with Gasteiger partial charge < -0.3 is 19.7 Å². The van der Waals surface area contributed by atoms with Crippen LogP contribution in [0.2, 0.25) is 0 Å². The number of hydrogen-bond donors (Lipinski definition) is 1. The first kappa shape index (κ1) is 21.7. The molecule has 33 heavy (non-hydrogen) atoms. The molecule has 3 aromatic rings. The number of rotatable bonds is 5. The summed E-state index contributed by atoms with van der Waals surface area (Å²) in [5.41, 5.74) is 5.05. The molecule has 1 N–H and O–H groups in total. The third-order valence-electron chi connectivity index (χ3n) is 5.82. The number of benzene rings is 1. The summed E-state index contributed by atoms with van der Waals surface area (Å²) >= 11 is 3.02. The SMILES string of the molecule is CSc1nc(C(=O)N2CCc3c(cnc(C)c3CNC(=O)c3ccc4c(c3)OCO4)C2)cs1. The van der Waals surface area contributed by atoms with Gasteiger partial charge in [-0.05, 0) is 54.5 Å². The third-order valence-corrected chi connectivity index (χ3v) is 7.68. The van der Waals surface area contributed by atoms with Gasteiger partial charge in [0.2, 0.25) is 6.79 Å². The van der Waals surface area contributed by atoms with Gasteiger partial charge >= 0.3 is 0 Å². The Morgan fingerprint density at radius 3 is 2.94 bits per heavy atom. The Bertz CT molecular complexity index is 1240. The lowest BCUT2D eigenvalue weighted by atomic mass is 9.94. The summed E-state index contributed by atoms with van der Waals surface area (Å²) in [6.45, 7) is 3.56. The van der Waals surface area contributed by atoms with Crippen LogP contribution in [-0.4, -0.2) is 46.3 Å². The summed E-state index contributed by atoms with van der Waals surface area (Å²) in [6.07, 6.45) is 4.49. The van der Waals surface area contributed by atoms with Crippen LogP contribution in [0, 0.1) is 6.92 Å². The zero-order chi connectivity index (χ0) is 22.9. The van der Waals surface area contributed by atoms with Crippen LogP contribution in [0.3, 0.4) is 0 Å². The summed E-state index contributed by atoms with van der Waals surface area (Å²) in [6, 6.07) is 5.15. The Hall–Kier alpha value is -3.11. The van der Waals surface area contributed by atoms with E-state index in [1.165, 1.54) is 23.1 Å². The Morgan fingerprint density at radius 1 is 1.27 bits per heavy atom. The molecule has 2 aliphatic rings. The van der Waals surface area contributed by atoms with Gasteiger partial charge in [-0.3, -0.25) is 14.6 Å². The Balaban J connectivity index is 1.30. The highest BCUT2D eigenvalue weighted by molar-refractivity contribution is 8.00. The maximum Gasteiger partial charge on any atom is 0.273 e. The van der Waals surface area contributed by atoms with Crippen LogP contribution < -0.4 is 14.8 Å². The molecular formula is C23H22N4O4S2. The minimum Gasteiger partial charge on any atom is -0.454 e. The first-order valence-electron chi connectivity index (χ1n) is 10.5. The van der Waals surface area contributed by atoms with Gasteiger partial charge in [0.15, 0.2) is 11.5 Å². The van der Waals surface area contributed by atoms with E-state index < -0.39 is 0 Å². The van der Waals surface area contributed by atoms with Gasteiger partial charge in [-0.25, -0.2) is 4.98 Å². The number of thioether (sulfide) groups is 1. The molecule has 0 saturated heterocycles. The van der Waals surface area contributed by atoms with Gasteiger partial charge in [0, 0.05) is 42.5 Å². The predicted octanol–water partition coefficient (Wildman–Crippen LogP) is 3.43. The Kier molecular flexibility index (Phi) is 5.94. The average molecular weight is 483 g/mol. The topological polar surface area (TPSA) is 93.7 Å². The lowest BCUT2D eigenvalue weighted by Crippen LogP contribution is -2.37. The monoisotopic (exact) mass is 482 g/mol. The largest absolute Gasteiger partial charge is 0.454 e. The molecule has 0 fully saturated rings. The number of fused-ring (bicyclic) bond motifs is 2. The van der Waals surface area contributed by atoms with Crippen molar-refractivity contribution in [2.75, 3.05) is 19.6 Å². The fourth-order valence-electron chi connectivity index (χ4n) is 4.05. The molecule has 5 rings (SSSR count). The van der Waals surface area contributed by atoms with Crippen molar-refractivity contribution in [1.29, 1.82) is 0 Å². The number of ether oxygens (including phenoxy) is 2. The van der Waals surface area contributed by atoms with Crippen molar-refractivity contribution in [3.05, 3.63) is 63.4 Å². The smallest absolute Gasteiger partial charge is 0.273 e. The second-order valence-corrected chi connectivity index (χ2v) is 9.67. The number of carbonyl (C=O) groups is 2. The second kappa shape index (κ2) is 9.03. The van der Waals surface area contributed by atoms with E-state index in [9.17, 15) is 9.59 Å². The van der Waals surface area contributed by atoms with Crippen molar-refractivity contribution in [3.63, 3.8) is 0 Å². The number of carbonyl (C=O) groups excluding carboxylic acids is 2. The molecular weight excluding hydrogens is 460 g/mol. The third kappa shape index (κ3) is 4.28. The number of nitrogens with one attached hydrogen (secondary N) is 1. The van der Waals surface area contributed by atoms with Crippen molar-refractivity contribution >= 4 is 34.9 Å². The highest BCUT2D eigenvalue weighted by Gasteiger charge is 2.26. The minimum atomic E-state index is -0.189. The number of thiazole rings is 1. The van der Waals surface area contributed by atoms with Gasteiger partial charge in [-0.2, -0.15) is 0 Å². The van der Waals surface area contributed by atoms with Crippen LogP contribution in [0.15, 0.2) is 34.1 Å². The molecule has 0 unspecified atom stereocenters. The number of aromatic nitrogens is 2. The zero-order valence-corrected chi connectivity index (χ0v) is 19.8. The molecule has 4 heterocycles. The quantitative estimate of drug-likeness (QED) is 0.557. The van der Waals surface area contributed by atoms with E-state index in [0.29, 0.717) is 48.8 Å². The fourth-order valence-corrected chi connectivity index (χ4v) is 5.29.